The third-order valence-corrected chi connectivity index (χ3v) is 8.21. The minimum atomic E-state index is -5.83. The molecule has 0 aliphatic carbocycles. The molecule has 0 aromatic heterocycles. The van der Waals surface area contributed by atoms with Gasteiger partial charge in [0, 0.05) is 6.42 Å². The van der Waals surface area contributed by atoms with Gasteiger partial charge in [-0.05, 0) is 44.4 Å². The van der Waals surface area contributed by atoms with Gasteiger partial charge in [0.1, 0.15) is 6.10 Å². The number of hydrogen-bond donors (Lipinski definition) is 0. The summed E-state index contributed by atoms with van der Waals surface area (Å²) in [6, 6.07) is 0. The zero-order chi connectivity index (χ0) is 32.9. The average molecular weight is 635 g/mol. The maximum Gasteiger partial charge on any atom is 0.434 e. The summed E-state index contributed by atoms with van der Waals surface area (Å²) in [5.74, 6) is -5.97. The predicted octanol–water partition coefficient (Wildman–Crippen LogP) is 5.62. The van der Waals surface area contributed by atoms with Crippen LogP contribution in [-0.4, -0.2) is 72.9 Å². The fourth-order valence-electron chi connectivity index (χ4n) is 5.70. The number of ether oxygens (including phenoxy) is 6. The Hall–Kier alpha value is -2.13. The molecule has 3 rings (SSSR count). The van der Waals surface area contributed by atoms with Crippen molar-refractivity contribution in [1.82, 2.24) is 0 Å². The number of halogens is 6. The van der Waals surface area contributed by atoms with Crippen molar-refractivity contribution in [3.8, 4) is 0 Å². The van der Waals surface area contributed by atoms with Gasteiger partial charge in [-0.15, -0.1) is 0 Å². The second kappa shape index (κ2) is 12.0. The maximum absolute atomic E-state index is 13.3. The fourth-order valence-corrected chi connectivity index (χ4v) is 5.70. The fraction of sp³-hybridized carbons (Fsp3) is 0.893. The summed E-state index contributed by atoms with van der Waals surface area (Å²) in [6.45, 7) is 14.4. The first-order valence-electron chi connectivity index (χ1n) is 14.2. The molecule has 3 fully saturated rings. The van der Waals surface area contributed by atoms with Crippen molar-refractivity contribution in [2.45, 2.75) is 136 Å². The van der Waals surface area contributed by atoms with E-state index in [9.17, 15) is 40.7 Å². The first-order chi connectivity index (χ1) is 19.4. The third-order valence-electron chi connectivity index (χ3n) is 8.21. The van der Waals surface area contributed by atoms with E-state index >= 15 is 0 Å². The number of carbonyl (C=O) groups excluding carboxylic acids is 3. The molecule has 8 unspecified atom stereocenters. The Morgan fingerprint density at radius 1 is 0.953 bits per heavy atom. The predicted molar refractivity (Wildman–Crippen MR) is 135 cm³/mol. The van der Waals surface area contributed by atoms with Crippen LogP contribution in [-0.2, 0) is 42.8 Å². The highest BCUT2D eigenvalue weighted by molar-refractivity contribution is 5.84. The SMILES string of the molecule is CCC(CCC1(C)OC2OC3C(OC(=O)C(C)(CC(C)(C)C)C(C)C)C(=O)OC3C2O1)C(=O)OC(C(F)(F)F)C(F)(F)F. The topological polar surface area (TPSA) is 107 Å². The second-order valence-electron chi connectivity index (χ2n) is 13.4. The Balaban J connectivity index is 1.63. The summed E-state index contributed by atoms with van der Waals surface area (Å²) >= 11 is 0. The smallest absolute Gasteiger partial charge is 0.434 e. The minimum Gasteiger partial charge on any atom is -0.454 e. The van der Waals surface area contributed by atoms with Crippen molar-refractivity contribution >= 4 is 17.9 Å². The molecule has 0 aromatic carbocycles. The summed E-state index contributed by atoms with van der Waals surface area (Å²) in [4.78, 5) is 38.3. The lowest BCUT2D eigenvalue weighted by atomic mass is 9.69. The van der Waals surface area contributed by atoms with Crippen molar-refractivity contribution in [2.24, 2.45) is 22.7 Å². The summed E-state index contributed by atoms with van der Waals surface area (Å²) in [6.07, 6.45) is -21.3. The van der Waals surface area contributed by atoms with E-state index in [1.54, 1.807) is 6.92 Å². The molecule has 43 heavy (non-hydrogen) atoms. The molecule has 0 radical (unpaired) electrons. The van der Waals surface area contributed by atoms with Crippen LogP contribution in [0.15, 0.2) is 0 Å². The van der Waals surface area contributed by atoms with Gasteiger partial charge in [-0.2, -0.15) is 26.3 Å². The highest BCUT2D eigenvalue weighted by Crippen LogP contribution is 2.47. The molecule has 9 nitrogen and oxygen atoms in total. The number of hydrogen-bond acceptors (Lipinski definition) is 9. The summed E-state index contributed by atoms with van der Waals surface area (Å²) in [5, 5.41) is 0. The van der Waals surface area contributed by atoms with Crippen molar-refractivity contribution in [1.29, 1.82) is 0 Å². The first kappa shape index (κ1) is 35.4. The molecule has 3 aliphatic heterocycles. The van der Waals surface area contributed by atoms with E-state index in [1.807, 2.05) is 34.6 Å². The standard InChI is InChI=1S/C28H40F6O9/c1-9-14(19(35)41-22(27(29,30)31)28(32,33)34)10-11-26(8)42-18-16-15(39-21(18)43-26)17(20(36)38-16)40-23(37)25(7,13(2)3)12-24(4,5)6/h13-18,21-22H,9-12H2,1-8H3. The molecule has 3 saturated heterocycles. The van der Waals surface area contributed by atoms with E-state index in [4.69, 9.17) is 23.7 Å². The summed E-state index contributed by atoms with van der Waals surface area (Å²) in [7, 11) is 0. The summed E-state index contributed by atoms with van der Waals surface area (Å²) in [5.41, 5.74) is -1.12. The molecule has 3 aliphatic rings. The lowest BCUT2D eigenvalue weighted by Gasteiger charge is -2.37. The van der Waals surface area contributed by atoms with Crippen LogP contribution in [0.4, 0.5) is 26.3 Å². The van der Waals surface area contributed by atoms with E-state index in [0.29, 0.717) is 6.42 Å². The highest BCUT2D eigenvalue weighted by atomic mass is 19.4. The van der Waals surface area contributed by atoms with Crippen LogP contribution < -0.4 is 0 Å². The van der Waals surface area contributed by atoms with Crippen LogP contribution in [0.2, 0.25) is 0 Å². The maximum atomic E-state index is 13.3. The van der Waals surface area contributed by atoms with Crippen molar-refractivity contribution < 1.29 is 69.1 Å². The van der Waals surface area contributed by atoms with Gasteiger partial charge in [0.15, 0.2) is 24.3 Å². The van der Waals surface area contributed by atoms with Crippen LogP contribution in [0.5, 0.6) is 0 Å². The first-order valence-corrected chi connectivity index (χ1v) is 14.2. The number of rotatable bonds is 10. The quantitative estimate of drug-likeness (QED) is 0.172. The van der Waals surface area contributed by atoms with Crippen molar-refractivity contribution in [2.75, 3.05) is 0 Å². The number of carbonyl (C=O) groups is 3. The van der Waals surface area contributed by atoms with Crippen LogP contribution in [0, 0.1) is 22.7 Å². The Labute approximate surface area is 246 Å². The number of alkyl halides is 6. The lowest BCUT2D eigenvalue weighted by Crippen LogP contribution is -2.46. The normalized spacial score (nSPS) is 31.4. The molecular formula is C28H40F6O9. The van der Waals surface area contributed by atoms with E-state index < -0.39 is 84.2 Å². The molecular weight excluding hydrogens is 594 g/mol. The third kappa shape index (κ3) is 7.75. The molecule has 0 N–H and O–H groups in total. The molecule has 8 atom stereocenters. The van der Waals surface area contributed by atoms with Crippen molar-refractivity contribution in [3.63, 3.8) is 0 Å². The van der Waals surface area contributed by atoms with Gasteiger partial charge in [0.25, 0.3) is 6.10 Å². The Bertz CT molecular complexity index is 1040. The van der Waals surface area contributed by atoms with Crippen LogP contribution in [0.1, 0.15) is 81.1 Å². The highest BCUT2D eigenvalue weighted by Gasteiger charge is 2.65. The molecule has 0 saturated carbocycles. The van der Waals surface area contributed by atoms with Crippen LogP contribution in [0.25, 0.3) is 0 Å². The number of esters is 3. The second-order valence-corrected chi connectivity index (χ2v) is 13.4. The molecule has 0 spiro atoms. The summed E-state index contributed by atoms with van der Waals surface area (Å²) < 4.78 is 110. The molecule has 0 amide bonds. The van der Waals surface area contributed by atoms with E-state index in [2.05, 4.69) is 4.74 Å². The molecule has 3 heterocycles. The Morgan fingerprint density at radius 2 is 1.53 bits per heavy atom. The van der Waals surface area contributed by atoms with Gasteiger partial charge in [-0.3, -0.25) is 9.59 Å². The Kier molecular flexibility index (Phi) is 9.86. The zero-order valence-electron chi connectivity index (χ0n) is 25.4. The van der Waals surface area contributed by atoms with Gasteiger partial charge in [-0.25, -0.2) is 4.79 Å². The van der Waals surface area contributed by atoms with Gasteiger partial charge < -0.3 is 28.4 Å². The van der Waals surface area contributed by atoms with Crippen molar-refractivity contribution in [3.05, 3.63) is 0 Å². The van der Waals surface area contributed by atoms with Gasteiger partial charge >= 0.3 is 30.3 Å². The monoisotopic (exact) mass is 634 g/mol. The molecule has 0 aromatic rings. The van der Waals surface area contributed by atoms with Crippen LogP contribution in [0.3, 0.4) is 0 Å². The van der Waals surface area contributed by atoms with Gasteiger partial charge in [-0.1, -0.05) is 41.5 Å². The zero-order valence-corrected chi connectivity index (χ0v) is 25.4. The van der Waals surface area contributed by atoms with E-state index in [1.165, 1.54) is 13.8 Å². The Morgan fingerprint density at radius 3 is 2.02 bits per heavy atom. The molecule has 15 heteroatoms. The van der Waals surface area contributed by atoms with E-state index in [0.717, 1.165) is 0 Å². The number of fused-ring (bicyclic) bond motifs is 3. The minimum absolute atomic E-state index is 0.110. The average Bonchev–Trinajstić information content (AvgIpc) is 3.42. The lowest BCUT2D eigenvalue weighted by molar-refractivity contribution is -0.314. The van der Waals surface area contributed by atoms with Crippen LogP contribution >= 0.6 is 0 Å². The molecule has 248 valence electrons. The van der Waals surface area contributed by atoms with E-state index in [-0.39, 0.29) is 30.6 Å². The van der Waals surface area contributed by atoms with Gasteiger partial charge in [0.2, 0.25) is 6.10 Å². The van der Waals surface area contributed by atoms with Gasteiger partial charge in [0.05, 0.1) is 11.3 Å². The molecule has 0 bridgehead atoms. The largest absolute Gasteiger partial charge is 0.454 e.